The van der Waals surface area contributed by atoms with Crippen molar-refractivity contribution in [1.29, 1.82) is 0 Å². The lowest BCUT2D eigenvalue weighted by Crippen LogP contribution is -2.41. The van der Waals surface area contributed by atoms with Gasteiger partial charge in [-0.05, 0) is 63.0 Å². The fourth-order valence-corrected chi connectivity index (χ4v) is 5.03. The van der Waals surface area contributed by atoms with Crippen molar-refractivity contribution in [3.8, 4) is 22.7 Å². The molecule has 172 valence electrons. The van der Waals surface area contributed by atoms with E-state index in [0.29, 0.717) is 5.91 Å². The largest absolute Gasteiger partial charge is 0.497 e. The van der Waals surface area contributed by atoms with Crippen LogP contribution in [-0.2, 0) is 11.3 Å². The zero-order valence-electron chi connectivity index (χ0n) is 19.3. The van der Waals surface area contributed by atoms with E-state index in [-0.39, 0.29) is 5.92 Å². The molecule has 0 saturated carbocycles. The van der Waals surface area contributed by atoms with E-state index in [1.54, 1.807) is 7.11 Å². The van der Waals surface area contributed by atoms with Crippen LogP contribution in [0.25, 0.3) is 16.9 Å². The lowest BCUT2D eigenvalue weighted by atomic mass is 9.95. The molecule has 1 amide bonds. The maximum absolute atomic E-state index is 12.8. The molecule has 0 unspecified atom stereocenters. The number of carbonyl (C=O) groups excluding carboxylic acids is 1. The Balaban J connectivity index is 1.35. The maximum atomic E-state index is 12.8. The molecule has 2 aliphatic heterocycles. The molecule has 6 heteroatoms. The minimum atomic E-state index is 0.184. The number of methoxy groups -OCH3 is 1. The first-order chi connectivity index (χ1) is 16.2. The number of benzene rings is 2. The van der Waals surface area contributed by atoms with E-state index < -0.39 is 0 Å². The molecule has 6 nitrogen and oxygen atoms in total. The Kier molecular flexibility index (Phi) is 6.44. The van der Waals surface area contributed by atoms with Crippen LogP contribution in [0.15, 0.2) is 60.8 Å². The zero-order valence-corrected chi connectivity index (χ0v) is 19.3. The second kappa shape index (κ2) is 9.79. The highest BCUT2D eigenvalue weighted by atomic mass is 16.5. The van der Waals surface area contributed by atoms with Crippen molar-refractivity contribution in [1.82, 2.24) is 19.6 Å². The van der Waals surface area contributed by atoms with Gasteiger partial charge in [0.25, 0.3) is 0 Å². The minimum absolute atomic E-state index is 0.184. The van der Waals surface area contributed by atoms with Crippen LogP contribution in [0, 0.1) is 5.92 Å². The van der Waals surface area contributed by atoms with Gasteiger partial charge in [0.05, 0.1) is 18.5 Å². The monoisotopic (exact) mass is 444 g/mol. The highest BCUT2D eigenvalue weighted by Crippen LogP contribution is 2.29. The molecule has 2 aromatic carbocycles. The van der Waals surface area contributed by atoms with Crippen LogP contribution in [0.1, 0.15) is 31.2 Å². The third-order valence-electron chi connectivity index (χ3n) is 6.90. The molecule has 1 aromatic heterocycles. The van der Waals surface area contributed by atoms with Gasteiger partial charge >= 0.3 is 0 Å². The zero-order chi connectivity index (χ0) is 22.6. The Morgan fingerprint density at radius 3 is 2.48 bits per heavy atom. The summed E-state index contributed by atoms with van der Waals surface area (Å²) in [6.07, 6.45) is 6.34. The fourth-order valence-electron chi connectivity index (χ4n) is 5.03. The van der Waals surface area contributed by atoms with Gasteiger partial charge in [-0.3, -0.25) is 9.69 Å². The van der Waals surface area contributed by atoms with Gasteiger partial charge in [0.15, 0.2) is 0 Å². The molecule has 0 aliphatic carbocycles. The van der Waals surface area contributed by atoms with E-state index in [1.165, 1.54) is 5.56 Å². The van der Waals surface area contributed by atoms with E-state index in [1.807, 2.05) is 41.1 Å². The summed E-state index contributed by atoms with van der Waals surface area (Å²) in [6.45, 7) is 4.60. The van der Waals surface area contributed by atoms with Gasteiger partial charge < -0.3 is 9.64 Å². The first-order valence-electron chi connectivity index (χ1n) is 12.0. The molecule has 5 rings (SSSR count). The first-order valence-corrected chi connectivity index (χ1v) is 12.0. The predicted molar refractivity (Wildman–Crippen MR) is 129 cm³/mol. The van der Waals surface area contributed by atoms with Crippen LogP contribution in [-0.4, -0.2) is 58.8 Å². The first kappa shape index (κ1) is 21.7. The Bertz CT molecular complexity index is 1080. The van der Waals surface area contributed by atoms with Gasteiger partial charge in [0, 0.05) is 42.9 Å². The van der Waals surface area contributed by atoms with Crippen molar-refractivity contribution >= 4 is 5.91 Å². The summed E-state index contributed by atoms with van der Waals surface area (Å²) in [5, 5.41) is 4.96. The number of rotatable bonds is 6. The molecule has 3 heterocycles. The van der Waals surface area contributed by atoms with Gasteiger partial charge in [-0.25, -0.2) is 4.68 Å². The SMILES string of the molecule is COc1cccc(-c2nn(-c3ccccc3)cc2CN2CCC(C(=O)N3CCCC3)CC2)c1. The Morgan fingerprint density at radius 2 is 1.76 bits per heavy atom. The second-order valence-corrected chi connectivity index (χ2v) is 9.10. The number of likely N-dealkylation sites (tertiary alicyclic amines) is 2. The molecule has 0 radical (unpaired) electrons. The van der Waals surface area contributed by atoms with Gasteiger partial charge in [0.1, 0.15) is 5.75 Å². The molecule has 0 N–H and O–H groups in total. The van der Waals surface area contributed by atoms with Crippen molar-refractivity contribution in [2.45, 2.75) is 32.2 Å². The molecule has 3 aromatic rings. The summed E-state index contributed by atoms with van der Waals surface area (Å²) in [5.41, 5.74) is 4.27. The Hall–Kier alpha value is -3.12. The van der Waals surface area contributed by atoms with Crippen LogP contribution in [0.2, 0.25) is 0 Å². The lowest BCUT2D eigenvalue weighted by Gasteiger charge is -2.33. The average molecular weight is 445 g/mol. The standard InChI is InChI=1S/C27H32N4O2/c1-33-25-11-7-8-22(18-25)26-23(20-31(28-26)24-9-3-2-4-10-24)19-29-16-12-21(13-17-29)27(32)30-14-5-6-15-30/h2-4,7-11,18,20-21H,5-6,12-17,19H2,1H3. The highest BCUT2D eigenvalue weighted by molar-refractivity contribution is 5.79. The summed E-state index contributed by atoms with van der Waals surface area (Å²) in [6, 6.07) is 18.3. The Morgan fingerprint density at radius 1 is 1.00 bits per heavy atom. The van der Waals surface area contributed by atoms with Crippen molar-refractivity contribution in [2.24, 2.45) is 5.92 Å². The van der Waals surface area contributed by atoms with Crippen LogP contribution >= 0.6 is 0 Å². The molecule has 33 heavy (non-hydrogen) atoms. The second-order valence-electron chi connectivity index (χ2n) is 9.10. The van der Waals surface area contributed by atoms with Gasteiger partial charge in [-0.2, -0.15) is 5.10 Å². The normalized spacial score (nSPS) is 17.4. The lowest BCUT2D eigenvalue weighted by molar-refractivity contribution is -0.136. The molecule has 0 bridgehead atoms. The number of carbonyl (C=O) groups is 1. The van der Waals surface area contributed by atoms with Crippen molar-refractivity contribution in [3.05, 3.63) is 66.4 Å². The average Bonchev–Trinajstić information content (AvgIpc) is 3.55. The predicted octanol–water partition coefficient (Wildman–Crippen LogP) is 4.38. The summed E-state index contributed by atoms with van der Waals surface area (Å²) in [4.78, 5) is 17.3. The van der Waals surface area contributed by atoms with Crippen molar-refractivity contribution in [2.75, 3.05) is 33.3 Å². The number of hydrogen-bond acceptors (Lipinski definition) is 4. The van der Waals surface area contributed by atoms with Crippen molar-refractivity contribution in [3.63, 3.8) is 0 Å². The van der Waals surface area contributed by atoms with Gasteiger partial charge in [-0.15, -0.1) is 0 Å². The quantitative estimate of drug-likeness (QED) is 0.566. The molecule has 2 saturated heterocycles. The number of para-hydroxylation sites is 1. The van der Waals surface area contributed by atoms with Crippen LogP contribution in [0.5, 0.6) is 5.75 Å². The van der Waals surface area contributed by atoms with E-state index >= 15 is 0 Å². The summed E-state index contributed by atoms with van der Waals surface area (Å²) < 4.78 is 7.42. The fraction of sp³-hybridized carbons (Fsp3) is 0.407. The molecular formula is C27H32N4O2. The molecule has 2 aliphatic rings. The third-order valence-corrected chi connectivity index (χ3v) is 6.90. The molecule has 0 spiro atoms. The summed E-state index contributed by atoms with van der Waals surface area (Å²) >= 11 is 0. The van der Waals surface area contributed by atoms with Gasteiger partial charge in [0.2, 0.25) is 5.91 Å². The topological polar surface area (TPSA) is 50.6 Å². The van der Waals surface area contributed by atoms with Crippen LogP contribution in [0.4, 0.5) is 0 Å². The number of piperidine rings is 1. The number of hydrogen-bond donors (Lipinski definition) is 0. The smallest absolute Gasteiger partial charge is 0.225 e. The van der Waals surface area contributed by atoms with Crippen LogP contribution in [0.3, 0.4) is 0 Å². The molecule has 2 fully saturated rings. The van der Waals surface area contributed by atoms with E-state index in [2.05, 4.69) is 34.2 Å². The molecule has 0 atom stereocenters. The number of nitrogens with zero attached hydrogens (tertiary/aromatic N) is 4. The minimum Gasteiger partial charge on any atom is -0.497 e. The number of aromatic nitrogens is 2. The number of amides is 1. The highest BCUT2D eigenvalue weighted by Gasteiger charge is 2.30. The van der Waals surface area contributed by atoms with E-state index in [4.69, 9.17) is 9.84 Å². The third kappa shape index (κ3) is 4.81. The van der Waals surface area contributed by atoms with E-state index in [9.17, 15) is 4.79 Å². The van der Waals surface area contributed by atoms with Crippen LogP contribution < -0.4 is 4.74 Å². The maximum Gasteiger partial charge on any atom is 0.225 e. The Labute approximate surface area is 195 Å². The van der Waals surface area contributed by atoms with Gasteiger partial charge in [-0.1, -0.05) is 30.3 Å². The summed E-state index contributed by atoms with van der Waals surface area (Å²) in [5.74, 6) is 1.39. The number of ether oxygens (including phenoxy) is 1. The van der Waals surface area contributed by atoms with E-state index in [0.717, 1.165) is 81.1 Å². The summed E-state index contributed by atoms with van der Waals surface area (Å²) in [7, 11) is 1.69. The molecular weight excluding hydrogens is 412 g/mol. The van der Waals surface area contributed by atoms with Crippen molar-refractivity contribution < 1.29 is 9.53 Å².